The fraction of sp³-hybridized carbons (Fsp3) is 1.00. The molecule has 2 nitrogen and oxygen atoms in total. The van der Waals surface area contributed by atoms with Gasteiger partial charge >= 0.3 is 0 Å². The van der Waals surface area contributed by atoms with Gasteiger partial charge in [0.05, 0.1) is 5.60 Å². The lowest BCUT2D eigenvalue weighted by Gasteiger charge is -2.44. The lowest BCUT2D eigenvalue weighted by molar-refractivity contribution is -0.0104. The van der Waals surface area contributed by atoms with Crippen LogP contribution in [0.25, 0.3) is 0 Å². The molecular formula is C14H24O2S. The number of aliphatic hydroxyl groups is 1. The Balaban J connectivity index is 1.68. The summed E-state index contributed by atoms with van der Waals surface area (Å²) in [5.41, 5.74) is -0.474. The van der Waals surface area contributed by atoms with Gasteiger partial charge in [0.25, 0.3) is 0 Å². The molecule has 0 amide bonds. The Morgan fingerprint density at radius 1 is 1.00 bits per heavy atom. The van der Waals surface area contributed by atoms with E-state index in [0.29, 0.717) is 10.5 Å². The van der Waals surface area contributed by atoms with Crippen molar-refractivity contribution in [3.8, 4) is 0 Å². The molecule has 2 heterocycles. The van der Waals surface area contributed by atoms with Crippen molar-refractivity contribution in [2.45, 2.75) is 80.3 Å². The Kier molecular flexibility index (Phi) is 3.33. The van der Waals surface area contributed by atoms with Gasteiger partial charge in [0, 0.05) is 21.3 Å². The average molecular weight is 256 g/mol. The molecule has 3 fully saturated rings. The van der Waals surface area contributed by atoms with Gasteiger partial charge in [-0.15, -0.1) is 0 Å². The van der Waals surface area contributed by atoms with Crippen molar-refractivity contribution in [3.63, 3.8) is 0 Å². The lowest BCUT2D eigenvalue weighted by Crippen LogP contribution is -2.49. The first kappa shape index (κ1) is 12.2. The van der Waals surface area contributed by atoms with E-state index in [0.717, 1.165) is 38.0 Å². The third-order valence-corrected chi connectivity index (χ3v) is 7.19. The standard InChI is InChI=1S/C14H24O2S/c15-14(8-11-4-1-2-5-11)9-12-6-3-7-13(10-14)17(12)16/h11-13,15H,1-10H2. The van der Waals surface area contributed by atoms with Crippen LogP contribution in [0.2, 0.25) is 0 Å². The van der Waals surface area contributed by atoms with E-state index < -0.39 is 16.4 Å². The number of rotatable bonds is 2. The third kappa shape index (κ3) is 2.46. The molecule has 2 bridgehead atoms. The van der Waals surface area contributed by atoms with Crippen LogP contribution in [-0.4, -0.2) is 25.4 Å². The average Bonchev–Trinajstić information content (AvgIpc) is 2.73. The van der Waals surface area contributed by atoms with Crippen LogP contribution in [0.1, 0.15) is 64.2 Å². The Morgan fingerprint density at radius 2 is 1.59 bits per heavy atom. The van der Waals surface area contributed by atoms with Gasteiger partial charge in [-0.1, -0.05) is 32.1 Å². The van der Waals surface area contributed by atoms with Crippen LogP contribution in [-0.2, 0) is 10.8 Å². The highest BCUT2D eigenvalue weighted by Crippen LogP contribution is 2.44. The molecule has 3 aliphatic rings. The number of hydrogen-bond acceptors (Lipinski definition) is 2. The van der Waals surface area contributed by atoms with Crippen LogP contribution < -0.4 is 0 Å². The van der Waals surface area contributed by atoms with E-state index >= 15 is 0 Å². The van der Waals surface area contributed by atoms with Crippen LogP contribution in [0.3, 0.4) is 0 Å². The Labute approximate surface area is 107 Å². The van der Waals surface area contributed by atoms with Gasteiger partial charge in [0.1, 0.15) is 0 Å². The molecule has 1 N–H and O–H groups in total. The largest absolute Gasteiger partial charge is 0.390 e. The molecule has 98 valence electrons. The molecule has 0 aromatic carbocycles. The van der Waals surface area contributed by atoms with E-state index in [-0.39, 0.29) is 0 Å². The molecule has 1 saturated carbocycles. The summed E-state index contributed by atoms with van der Waals surface area (Å²) < 4.78 is 12.1. The van der Waals surface area contributed by atoms with Crippen molar-refractivity contribution in [2.75, 3.05) is 0 Å². The molecule has 2 aliphatic heterocycles. The highest BCUT2D eigenvalue weighted by molar-refractivity contribution is 7.86. The first-order valence-corrected chi connectivity index (χ1v) is 8.56. The molecule has 2 atom stereocenters. The molecule has 3 heteroatoms. The summed E-state index contributed by atoms with van der Waals surface area (Å²) in [6, 6.07) is 0. The zero-order chi connectivity index (χ0) is 11.9. The molecule has 0 aromatic rings. The van der Waals surface area contributed by atoms with E-state index in [1.54, 1.807) is 0 Å². The molecule has 1 aliphatic carbocycles. The third-order valence-electron chi connectivity index (χ3n) is 5.07. The minimum Gasteiger partial charge on any atom is -0.390 e. The normalized spacial score (nSPS) is 47.2. The topological polar surface area (TPSA) is 37.3 Å². The van der Waals surface area contributed by atoms with Crippen molar-refractivity contribution in [2.24, 2.45) is 5.92 Å². The van der Waals surface area contributed by atoms with Crippen LogP contribution in [0.4, 0.5) is 0 Å². The summed E-state index contributed by atoms with van der Waals surface area (Å²) >= 11 is 0. The van der Waals surface area contributed by atoms with Gasteiger partial charge in [0.2, 0.25) is 0 Å². The molecule has 3 rings (SSSR count). The van der Waals surface area contributed by atoms with Gasteiger partial charge in [0.15, 0.2) is 0 Å². The predicted octanol–water partition coefficient (Wildman–Crippen LogP) is 2.76. The molecule has 0 spiro atoms. The first-order chi connectivity index (χ1) is 8.16. The van der Waals surface area contributed by atoms with Crippen molar-refractivity contribution in [1.29, 1.82) is 0 Å². The molecule has 2 saturated heterocycles. The van der Waals surface area contributed by atoms with Crippen LogP contribution in [0, 0.1) is 5.92 Å². The van der Waals surface area contributed by atoms with Crippen LogP contribution in [0.5, 0.6) is 0 Å². The fourth-order valence-electron chi connectivity index (χ4n) is 4.30. The maximum Gasteiger partial charge on any atom is 0.0673 e. The summed E-state index contributed by atoms with van der Waals surface area (Å²) in [7, 11) is -0.646. The SMILES string of the molecule is O=S1C2CCCC1CC(O)(CC1CCCC1)C2. The molecule has 0 aromatic heterocycles. The van der Waals surface area contributed by atoms with Gasteiger partial charge < -0.3 is 5.11 Å². The highest BCUT2D eigenvalue weighted by Gasteiger charge is 2.46. The minimum absolute atomic E-state index is 0.300. The Morgan fingerprint density at radius 3 is 2.18 bits per heavy atom. The van der Waals surface area contributed by atoms with E-state index in [1.807, 2.05) is 0 Å². The molecule has 17 heavy (non-hydrogen) atoms. The van der Waals surface area contributed by atoms with Gasteiger partial charge in [-0.25, -0.2) is 0 Å². The zero-order valence-electron chi connectivity index (χ0n) is 10.6. The van der Waals surface area contributed by atoms with Gasteiger partial charge in [-0.2, -0.15) is 0 Å². The van der Waals surface area contributed by atoms with Crippen LogP contribution >= 0.6 is 0 Å². The zero-order valence-corrected chi connectivity index (χ0v) is 11.4. The van der Waals surface area contributed by atoms with E-state index in [1.165, 1.54) is 32.1 Å². The van der Waals surface area contributed by atoms with Gasteiger partial charge in [-0.05, 0) is 38.0 Å². The van der Waals surface area contributed by atoms with E-state index in [2.05, 4.69) is 0 Å². The van der Waals surface area contributed by atoms with Crippen LogP contribution in [0.15, 0.2) is 0 Å². The summed E-state index contributed by atoms with van der Waals surface area (Å²) in [6.45, 7) is 0. The second-order valence-corrected chi connectivity index (χ2v) is 8.48. The van der Waals surface area contributed by atoms with Gasteiger partial charge in [-0.3, -0.25) is 4.21 Å². The smallest absolute Gasteiger partial charge is 0.0673 e. The Bertz CT molecular complexity index is 293. The Hall–Kier alpha value is 0.110. The number of fused-ring (bicyclic) bond motifs is 2. The maximum absolute atomic E-state index is 12.1. The molecule has 0 radical (unpaired) electrons. The van der Waals surface area contributed by atoms with Crippen molar-refractivity contribution < 1.29 is 9.32 Å². The summed E-state index contributed by atoms with van der Waals surface area (Å²) in [6.07, 6.45) is 11.3. The number of hydrogen-bond donors (Lipinski definition) is 1. The maximum atomic E-state index is 12.1. The monoisotopic (exact) mass is 256 g/mol. The fourth-order valence-corrected chi connectivity index (χ4v) is 6.59. The lowest BCUT2D eigenvalue weighted by atomic mass is 9.79. The summed E-state index contributed by atoms with van der Waals surface area (Å²) in [5, 5.41) is 11.4. The predicted molar refractivity (Wildman–Crippen MR) is 70.3 cm³/mol. The first-order valence-electron chi connectivity index (χ1n) is 7.28. The summed E-state index contributed by atoms with van der Waals surface area (Å²) in [4.78, 5) is 0. The quantitative estimate of drug-likeness (QED) is 0.825. The summed E-state index contributed by atoms with van der Waals surface area (Å²) in [5.74, 6) is 0.743. The van der Waals surface area contributed by atoms with Crippen molar-refractivity contribution >= 4 is 10.8 Å². The second-order valence-electron chi connectivity index (χ2n) is 6.49. The van der Waals surface area contributed by atoms with E-state index in [9.17, 15) is 9.32 Å². The van der Waals surface area contributed by atoms with Crippen molar-refractivity contribution in [3.05, 3.63) is 0 Å². The minimum atomic E-state index is -0.646. The second kappa shape index (κ2) is 4.65. The van der Waals surface area contributed by atoms with Crippen molar-refractivity contribution in [1.82, 2.24) is 0 Å². The highest BCUT2D eigenvalue weighted by atomic mass is 32.2. The molecular weight excluding hydrogens is 232 g/mol. The van der Waals surface area contributed by atoms with E-state index in [4.69, 9.17) is 0 Å². The molecule has 2 unspecified atom stereocenters.